The first kappa shape index (κ1) is 12.6. The summed E-state index contributed by atoms with van der Waals surface area (Å²) < 4.78 is 36.5. The quantitative estimate of drug-likeness (QED) is 0.796. The van der Waals surface area contributed by atoms with Gasteiger partial charge in [0.1, 0.15) is 17.2 Å². The number of ether oxygens (including phenoxy) is 1. The maximum absolute atomic E-state index is 13.6. The predicted octanol–water partition coefficient (Wildman–Crippen LogP) is 2.56. The van der Waals surface area contributed by atoms with E-state index in [1.165, 1.54) is 0 Å². The summed E-state index contributed by atoms with van der Waals surface area (Å²) in [6.07, 6.45) is 0. The largest absolute Gasteiger partial charge is 0.462 e. The highest BCUT2D eigenvalue weighted by atomic mass is 79.9. The molecular weight excluding hydrogens is 314 g/mol. The van der Waals surface area contributed by atoms with Crippen LogP contribution < -0.4 is 0 Å². The molecule has 0 aliphatic carbocycles. The zero-order chi connectivity index (χ0) is 13.3. The van der Waals surface area contributed by atoms with E-state index in [9.17, 15) is 13.6 Å². The third-order valence-corrected chi connectivity index (χ3v) is 2.46. The number of rotatable bonds is 2. The Kier molecular flexibility index (Phi) is 3.37. The Morgan fingerprint density at radius 2 is 1.94 bits per heavy atom. The number of hydrogen-bond donors (Lipinski definition) is 0. The van der Waals surface area contributed by atoms with E-state index >= 15 is 0 Å². The first-order chi connectivity index (χ1) is 8.52. The van der Waals surface area contributed by atoms with Gasteiger partial charge in [0.2, 0.25) is 0 Å². The van der Waals surface area contributed by atoms with E-state index < -0.39 is 34.9 Å². The second-order valence-corrected chi connectivity index (χ2v) is 4.06. The number of nitrogens with zero attached hydrogens (tertiary/aromatic N) is 2. The Balaban J connectivity index is 2.49. The predicted molar refractivity (Wildman–Crippen MR) is 58.7 cm³/mol. The van der Waals surface area contributed by atoms with Crippen molar-refractivity contribution < 1.29 is 22.7 Å². The Morgan fingerprint density at radius 3 is 2.50 bits per heavy atom. The van der Waals surface area contributed by atoms with Gasteiger partial charge in [-0.1, -0.05) is 15.9 Å². The molecule has 0 bridgehead atoms. The molecule has 0 spiro atoms. The minimum atomic E-state index is -0.887. The fourth-order valence-corrected chi connectivity index (χ4v) is 1.64. The molecular formula is C10H5BrF2N2O3. The third kappa shape index (κ3) is 2.23. The summed E-state index contributed by atoms with van der Waals surface area (Å²) in [6.45, 7) is 0. The van der Waals surface area contributed by atoms with Crippen molar-refractivity contribution >= 4 is 21.9 Å². The fourth-order valence-electron chi connectivity index (χ4n) is 1.24. The highest BCUT2D eigenvalue weighted by Crippen LogP contribution is 2.28. The van der Waals surface area contributed by atoms with Gasteiger partial charge in [0, 0.05) is 4.47 Å². The van der Waals surface area contributed by atoms with Crippen LogP contribution >= 0.6 is 15.9 Å². The van der Waals surface area contributed by atoms with Gasteiger partial charge in [0.25, 0.3) is 5.89 Å². The Labute approximate surface area is 108 Å². The molecule has 0 unspecified atom stereocenters. The smallest absolute Gasteiger partial charge is 0.396 e. The van der Waals surface area contributed by atoms with Gasteiger partial charge in [-0.05, 0) is 12.1 Å². The molecule has 2 aromatic rings. The SMILES string of the molecule is COC(=O)c1nnc(-c2c(F)cc(Br)cc2F)o1. The van der Waals surface area contributed by atoms with Crippen molar-refractivity contribution in [3.63, 3.8) is 0 Å². The van der Waals surface area contributed by atoms with Crippen LogP contribution in [0.2, 0.25) is 0 Å². The first-order valence-corrected chi connectivity index (χ1v) is 5.39. The number of esters is 1. The number of hydrogen-bond acceptors (Lipinski definition) is 5. The van der Waals surface area contributed by atoms with Gasteiger partial charge in [-0.25, -0.2) is 13.6 Å². The van der Waals surface area contributed by atoms with Crippen molar-refractivity contribution in [2.75, 3.05) is 7.11 Å². The van der Waals surface area contributed by atoms with Crippen LogP contribution in [0, 0.1) is 11.6 Å². The number of halogens is 3. The molecule has 2 rings (SSSR count). The number of aromatic nitrogens is 2. The molecule has 0 aliphatic heterocycles. The summed E-state index contributed by atoms with van der Waals surface area (Å²) in [6, 6.07) is 2.08. The highest BCUT2D eigenvalue weighted by Gasteiger charge is 2.21. The molecule has 5 nitrogen and oxygen atoms in total. The Bertz CT molecular complexity index is 592. The number of benzene rings is 1. The zero-order valence-corrected chi connectivity index (χ0v) is 10.5. The second kappa shape index (κ2) is 4.81. The molecule has 1 aromatic carbocycles. The van der Waals surface area contributed by atoms with Gasteiger partial charge in [-0.15, -0.1) is 10.2 Å². The molecule has 0 saturated carbocycles. The zero-order valence-electron chi connectivity index (χ0n) is 8.91. The molecule has 1 aromatic heterocycles. The third-order valence-electron chi connectivity index (χ3n) is 2.01. The van der Waals surface area contributed by atoms with Crippen LogP contribution in [-0.4, -0.2) is 23.3 Å². The van der Waals surface area contributed by atoms with Crippen LogP contribution in [0.25, 0.3) is 11.5 Å². The van der Waals surface area contributed by atoms with Crippen molar-refractivity contribution in [3.05, 3.63) is 34.1 Å². The van der Waals surface area contributed by atoms with Gasteiger partial charge >= 0.3 is 11.9 Å². The van der Waals surface area contributed by atoms with Gasteiger partial charge in [0.05, 0.1) is 7.11 Å². The lowest BCUT2D eigenvalue weighted by Gasteiger charge is -2.00. The van der Waals surface area contributed by atoms with Crippen molar-refractivity contribution in [2.24, 2.45) is 0 Å². The topological polar surface area (TPSA) is 65.2 Å². The molecule has 0 fully saturated rings. The van der Waals surface area contributed by atoms with Crippen LogP contribution in [-0.2, 0) is 4.74 Å². The first-order valence-electron chi connectivity index (χ1n) is 4.59. The molecule has 8 heteroatoms. The molecule has 0 atom stereocenters. The van der Waals surface area contributed by atoms with E-state index in [1.807, 2.05) is 0 Å². The fraction of sp³-hybridized carbons (Fsp3) is 0.100. The lowest BCUT2D eigenvalue weighted by atomic mass is 10.2. The lowest BCUT2D eigenvalue weighted by Crippen LogP contribution is -2.00. The van der Waals surface area contributed by atoms with E-state index in [-0.39, 0.29) is 4.47 Å². The van der Waals surface area contributed by atoms with Gasteiger partial charge < -0.3 is 9.15 Å². The minimum absolute atomic E-state index is 0.231. The standard InChI is InChI=1S/C10H5BrF2N2O3/c1-17-10(16)9-15-14-8(18-9)7-5(12)2-4(11)3-6(7)13/h2-3H,1H3. The van der Waals surface area contributed by atoms with Gasteiger partial charge in [-0.2, -0.15) is 0 Å². The van der Waals surface area contributed by atoms with Crippen molar-refractivity contribution in [3.8, 4) is 11.5 Å². The average Bonchev–Trinajstić information content (AvgIpc) is 2.76. The summed E-state index contributed by atoms with van der Waals surface area (Å²) in [5.41, 5.74) is -0.499. The van der Waals surface area contributed by atoms with Crippen LogP contribution in [0.15, 0.2) is 21.0 Å². The maximum Gasteiger partial charge on any atom is 0.396 e. The van der Waals surface area contributed by atoms with E-state index in [2.05, 4.69) is 30.9 Å². The van der Waals surface area contributed by atoms with E-state index in [0.29, 0.717) is 0 Å². The summed E-state index contributed by atoms with van der Waals surface area (Å²) in [4.78, 5) is 11.1. The average molecular weight is 319 g/mol. The normalized spacial score (nSPS) is 10.4. The van der Waals surface area contributed by atoms with Gasteiger partial charge in [0.15, 0.2) is 0 Å². The molecule has 0 amide bonds. The van der Waals surface area contributed by atoms with Crippen molar-refractivity contribution in [1.82, 2.24) is 10.2 Å². The molecule has 1 heterocycles. The van der Waals surface area contributed by atoms with Crippen molar-refractivity contribution in [1.29, 1.82) is 0 Å². The molecule has 18 heavy (non-hydrogen) atoms. The summed E-state index contributed by atoms with van der Waals surface area (Å²) >= 11 is 2.94. The summed E-state index contributed by atoms with van der Waals surface area (Å²) in [5, 5.41) is 6.73. The molecule has 0 aliphatic rings. The van der Waals surface area contributed by atoms with Gasteiger partial charge in [-0.3, -0.25) is 0 Å². The minimum Gasteiger partial charge on any atom is -0.462 e. The number of carbonyl (C=O) groups is 1. The maximum atomic E-state index is 13.6. The second-order valence-electron chi connectivity index (χ2n) is 3.15. The lowest BCUT2D eigenvalue weighted by molar-refractivity contribution is 0.0556. The van der Waals surface area contributed by atoms with Crippen LogP contribution in [0.4, 0.5) is 8.78 Å². The Hall–Kier alpha value is -1.83. The Morgan fingerprint density at radius 1 is 1.33 bits per heavy atom. The highest BCUT2D eigenvalue weighted by molar-refractivity contribution is 9.10. The number of methoxy groups -OCH3 is 1. The van der Waals surface area contributed by atoms with Crippen molar-refractivity contribution in [2.45, 2.75) is 0 Å². The molecule has 0 saturated heterocycles. The molecule has 94 valence electrons. The number of carbonyl (C=O) groups excluding carboxylic acids is 1. The van der Waals surface area contributed by atoms with E-state index in [0.717, 1.165) is 19.2 Å². The summed E-state index contributed by atoms with van der Waals surface area (Å²) in [5.74, 6) is -3.57. The molecule has 0 N–H and O–H groups in total. The molecule has 0 radical (unpaired) electrons. The van der Waals surface area contributed by atoms with E-state index in [1.54, 1.807) is 0 Å². The summed E-state index contributed by atoms with van der Waals surface area (Å²) in [7, 11) is 1.12. The van der Waals surface area contributed by atoms with Crippen LogP contribution in [0.1, 0.15) is 10.7 Å². The van der Waals surface area contributed by atoms with Crippen LogP contribution in [0.3, 0.4) is 0 Å². The monoisotopic (exact) mass is 318 g/mol. The van der Waals surface area contributed by atoms with Crippen LogP contribution in [0.5, 0.6) is 0 Å². The van der Waals surface area contributed by atoms with E-state index in [4.69, 9.17) is 4.42 Å².